The number of carbonyl (C=O) groups is 2. The quantitative estimate of drug-likeness (QED) is 0.546. The molecule has 0 spiro atoms. The number of benzene rings is 2. The Kier molecular flexibility index (Phi) is 6.05. The second-order valence-corrected chi connectivity index (χ2v) is 12.6. The van der Waals surface area contributed by atoms with Gasteiger partial charge in [0.05, 0.1) is 0 Å². The van der Waals surface area contributed by atoms with Crippen LogP contribution in [-0.4, -0.2) is 29.8 Å². The molecular formula is C33H40N2O2. The molecule has 3 aliphatic carbocycles. The second-order valence-electron chi connectivity index (χ2n) is 12.6. The Morgan fingerprint density at radius 2 is 1.73 bits per heavy atom. The fraction of sp³-hybridized carbons (Fsp3) is 0.515. The molecule has 4 nitrogen and oxygen atoms in total. The number of hydrogen-bond acceptors (Lipinski definition) is 2. The van der Waals surface area contributed by atoms with Gasteiger partial charge >= 0.3 is 0 Å². The molecule has 2 unspecified atom stereocenters. The summed E-state index contributed by atoms with van der Waals surface area (Å²) in [4.78, 5) is 27.9. The molecule has 0 aromatic heterocycles. The van der Waals surface area contributed by atoms with Crippen molar-refractivity contribution in [3.8, 4) is 11.1 Å². The maximum absolute atomic E-state index is 13.6. The highest BCUT2D eigenvalue weighted by Gasteiger charge is 2.61. The monoisotopic (exact) mass is 496 g/mol. The lowest BCUT2D eigenvalue weighted by Gasteiger charge is -2.60. The standard InChI is InChI=1S/C33H40N2O2/c1-32-18-16-27-25(12-15-29-33(27,2)19-17-30(36)35(29)3)26(32)13-14-28(32)31(37)34-21-22-8-7-11-24(20-22)23-9-5-4-6-10-23/h4-11,17,19-20,25-29H,12-16,18,21H2,1-3H3,(H,34,37)/t25-,26-,27+,28?,29?,32-,33+/m0/s1. The van der Waals surface area contributed by atoms with E-state index in [0.717, 1.165) is 37.7 Å². The topological polar surface area (TPSA) is 49.4 Å². The summed E-state index contributed by atoms with van der Waals surface area (Å²) in [7, 11) is 1.98. The third-order valence-electron chi connectivity index (χ3n) is 10.9. The summed E-state index contributed by atoms with van der Waals surface area (Å²) in [6.45, 7) is 5.37. The Bertz CT molecular complexity index is 1220. The number of rotatable bonds is 4. The summed E-state index contributed by atoms with van der Waals surface area (Å²) in [6.07, 6.45) is 10.7. The van der Waals surface area contributed by atoms with Crippen molar-refractivity contribution in [3.63, 3.8) is 0 Å². The Hall–Kier alpha value is -2.88. The van der Waals surface area contributed by atoms with E-state index in [2.05, 4.69) is 73.8 Å². The van der Waals surface area contributed by atoms with Crippen LogP contribution in [0.15, 0.2) is 66.7 Å². The van der Waals surface area contributed by atoms with Crippen LogP contribution in [0.25, 0.3) is 11.1 Å². The van der Waals surface area contributed by atoms with E-state index in [1.807, 2.05) is 24.1 Å². The fourth-order valence-electron chi connectivity index (χ4n) is 8.97. The zero-order valence-corrected chi connectivity index (χ0v) is 22.5. The number of amides is 2. The largest absolute Gasteiger partial charge is 0.352 e. The van der Waals surface area contributed by atoms with Gasteiger partial charge in [0.15, 0.2) is 0 Å². The van der Waals surface area contributed by atoms with Crippen molar-refractivity contribution in [2.45, 2.75) is 65.0 Å². The molecule has 0 saturated heterocycles. The summed E-state index contributed by atoms with van der Waals surface area (Å²) < 4.78 is 0. The summed E-state index contributed by atoms with van der Waals surface area (Å²) in [6, 6.07) is 19.2. The van der Waals surface area contributed by atoms with E-state index in [-0.39, 0.29) is 28.6 Å². The molecular weight excluding hydrogens is 456 g/mol. The van der Waals surface area contributed by atoms with Crippen LogP contribution in [0.5, 0.6) is 0 Å². The minimum Gasteiger partial charge on any atom is -0.352 e. The van der Waals surface area contributed by atoms with Gasteiger partial charge in [-0.05, 0) is 90.5 Å². The van der Waals surface area contributed by atoms with Crippen LogP contribution >= 0.6 is 0 Å². The third-order valence-corrected chi connectivity index (χ3v) is 10.9. The minimum atomic E-state index is 0.0526. The summed E-state index contributed by atoms with van der Waals surface area (Å²) >= 11 is 0. The van der Waals surface area contributed by atoms with Crippen molar-refractivity contribution < 1.29 is 9.59 Å². The fourth-order valence-corrected chi connectivity index (χ4v) is 8.97. The molecule has 1 heterocycles. The molecule has 6 rings (SSSR count). The van der Waals surface area contributed by atoms with Gasteiger partial charge in [-0.25, -0.2) is 0 Å². The summed E-state index contributed by atoms with van der Waals surface area (Å²) in [5.41, 5.74) is 3.65. The van der Waals surface area contributed by atoms with Gasteiger partial charge in [0.1, 0.15) is 0 Å². The van der Waals surface area contributed by atoms with E-state index >= 15 is 0 Å². The number of hydrogen-bond donors (Lipinski definition) is 1. The van der Waals surface area contributed by atoms with Crippen LogP contribution in [0.3, 0.4) is 0 Å². The van der Waals surface area contributed by atoms with E-state index in [1.165, 1.54) is 17.5 Å². The smallest absolute Gasteiger partial charge is 0.246 e. The molecule has 194 valence electrons. The highest BCUT2D eigenvalue weighted by Crippen LogP contribution is 2.65. The van der Waals surface area contributed by atoms with Crippen molar-refractivity contribution in [1.29, 1.82) is 0 Å². The highest BCUT2D eigenvalue weighted by molar-refractivity contribution is 5.89. The van der Waals surface area contributed by atoms with Crippen molar-refractivity contribution in [2.24, 2.45) is 34.5 Å². The first-order valence-electron chi connectivity index (χ1n) is 14.2. The van der Waals surface area contributed by atoms with Gasteiger partial charge in [0.25, 0.3) is 0 Å². The van der Waals surface area contributed by atoms with E-state index in [1.54, 1.807) is 0 Å². The molecule has 4 heteroatoms. The number of likely N-dealkylation sites (N-methyl/N-ethyl adjacent to an activating group) is 1. The van der Waals surface area contributed by atoms with Crippen LogP contribution in [0.1, 0.15) is 57.9 Å². The molecule has 0 radical (unpaired) electrons. The van der Waals surface area contributed by atoms with Gasteiger partial charge in [-0.2, -0.15) is 0 Å². The molecule has 7 atom stereocenters. The SMILES string of the molecule is CN1C(=O)C=C[C@@]2(C)C1CC[C@@H]1[C@H]2CC[C@]2(C)C(C(=O)NCc3cccc(-c4ccccc4)c3)CC[C@@H]12. The first-order valence-corrected chi connectivity index (χ1v) is 14.2. The molecule has 2 amide bonds. The lowest BCUT2D eigenvalue weighted by molar-refractivity contribution is -0.142. The molecule has 2 aromatic carbocycles. The number of carbonyl (C=O) groups excluding carboxylic acids is 2. The van der Waals surface area contributed by atoms with Gasteiger partial charge in [-0.1, -0.05) is 68.5 Å². The van der Waals surface area contributed by atoms with Crippen molar-refractivity contribution in [2.75, 3.05) is 7.05 Å². The van der Waals surface area contributed by atoms with Crippen LogP contribution in [-0.2, 0) is 16.1 Å². The van der Waals surface area contributed by atoms with Gasteiger partial charge in [-0.3, -0.25) is 9.59 Å². The van der Waals surface area contributed by atoms with Crippen molar-refractivity contribution >= 4 is 11.8 Å². The Balaban J connectivity index is 1.15. The Morgan fingerprint density at radius 1 is 0.946 bits per heavy atom. The molecule has 3 saturated carbocycles. The summed E-state index contributed by atoms with van der Waals surface area (Å²) in [5, 5.41) is 3.32. The predicted molar refractivity (Wildman–Crippen MR) is 147 cm³/mol. The molecule has 1 aliphatic heterocycles. The van der Waals surface area contributed by atoms with Crippen LogP contribution in [0, 0.1) is 34.5 Å². The maximum atomic E-state index is 13.6. The van der Waals surface area contributed by atoms with Gasteiger partial charge in [0, 0.05) is 31.0 Å². The number of nitrogens with one attached hydrogen (secondary N) is 1. The average molecular weight is 497 g/mol. The lowest BCUT2D eigenvalue weighted by Crippen LogP contribution is -2.59. The van der Waals surface area contributed by atoms with Crippen LogP contribution < -0.4 is 5.32 Å². The molecule has 4 aliphatic rings. The van der Waals surface area contributed by atoms with E-state index in [0.29, 0.717) is 30.3 Å². The van der Waals surface area contributed by atoms with Gasteiger partial charge in [0.2, 0.25) is 11.8 Å². The molecule has 1 N–H and O–H groups in total. The van der Waals surface area contributed by atoms with Crippen molar-refractivity contribution in [1.82, 2.24) is 10.2 Å². The number of nitrogens with zero attached hydrogens (tertiary/aromatic N) is 1. The van der Waals surface area contributed by atoms with Crippen molar-refractivity contribution in [3.05, 3.63) is 72.3 Å². The predicted octanol–water partition coefficient (Wildman–Crippen LogP) is 6.23. The molecule has 0 bridgehead atoms. The van der Waals surface area contributed by atoms with Crippen LogP contribution in [0.2, 0.25) is 0 Å². The molecule has 3 fully saturated rings. The maximum Gasteiger partial charge on any atom is 0.246 e. The molecule has 2 aromatic rings. The number of fused-ring (bicyclic) bond motifs is 5. The molecule has 37 heavy (non-hydrogen) atoms. The summed E-state index contributed by atoms with van der Waals surface area (Å²) in [5.74, 6) is 2.31. The first-order chi connectivity index (χ1) is 17.8. The Labute approximate surface area is 221 Å². The zero-order valence-electron chi connectivity index (χ0n) is 22.5. The normalized spacial score (nSPS) is 36.5. The van der Waals surface area contributed by atoms with E-state index in [9.17, 15) is 9.59 Å². The second kappa shape index (κ2) is 9.15. The van der Waals surface area contributed by atoms with Gasteiger partial charge < -0.3 is 10.2 Å². The zero-order chi connectivity index (χ0) is 25.8. The van der Waals surface area contributed by atoms with E-state index < -0.39 is 0 Å². The lowest BCUT2D eigenvalue weighted by atomic mass is 9.47. The third kappa shape index (κ3) is 3.95. The van der Waals surface area contributed by atoms with Crippen LogP contribution in [0.4, 0.5) is 0 Å². The van der Waals surface area contributed by atoms with Gasteiger partial charge in [-0.15, -0.1) is 0 Å². The highest BCUT2D eigenvalue weighted by atomic mass is 16.2. The first kappa shape index (κ1) is 24.5. The minimum absolute atomic E-state index is 0.0526. The average Bonchev–Trinajstić information content (AvgIpc) is 3.28. The Morgan fingerprint density at radius 3 is 2.54 bits per heavy atom. The van der Waals surface area contributed by atoms with E-state index in [4.69, 9.17) is 0 Å².